The van der Waals surface area contributed by atoms with E-state index < -0.39 is 23.9 Å². The molecule has 0 saturated heterocycles. The SMILES string of the molecule is CCN1C(=CC=Cc2n(CC)c3cc(Cl)c(Cl)cc3[n+]2CCCCCC(=O)NCCCCCC(N)C(=O)NC(CCCCNC(=O)CCCCC[n+]2c(C=CC=C3N(CC)c4cc(Cl)c(Cl)cc4N3CC)n(CC)c3cc(Cl)c(Cl)cc32)C(N)=O)N(CC)c2cc(Cl)c(Cl)cc21. The summed E-state index contributed by atoms with van der Waals surface area (Å²) >= 11 is 52.2. The molecule has 0 fully saturated rings. The standard InChI is InChI=1S/C71H89Cl8N13O4/c1-7-85-56-38-46(72)47(73)39-57(56)86(8-2)66(85)30-24-32-68-89(11-5)60-42-50(76)52(78)44-62(60)91(68)36-22-14-17-28-64(93)82-34-20-13-16-26-54(80)71(96)84-55(70(81)95)27-19-21-35-83-65(94)29-18-15-23-37-92-63-45-53(79)51(77)43-61(63)90(12-6)69(92)33-25-31-67-87(9-3)58-40-48(74)49(75)41-59(58)88(67)10-4/h24-25,30-33,38-45,54-55H,7-23,26-29,34-37,80H2,1-6H3,(H3-2,81,82,83,84,93,94,95,96)/p+2. The van der Waals surface area contributed by atoms with Crippen LogP contribution in [0.3, 0.4) is 0 Å². The molecular formula is C71H91Cl8N13O4+2. The second-order valence-electron chi connectivity index (χ2n) is 24.0. The van der Waals surface area contributed by atoms with Gasteiger partial charge in [-0.3, -0.25) is 19.2 Å². The minimum absolute atomic E-state index is 0.000213. The number of benzene rings is 4. The Kier molecular flexibility index (Phi) is 28.7. The van der Waals surface area contributed by atoms with Crippen LogP contribution in [0.2, 0.25) is 40.2 Å². The summed E-state index contributed by atoms with van der Waals surface area (Å²) in [6, 6.07) is 13.7. The number of carbonyl (C=O) groups excluding carboxylic acids is 4. The van der Waals surface area contributed by atoms with Gasteiger partial charge in [0, 0.05) is 88.5 Å². The lowest BCUT2D eigenvalue weighted by Gasteiger charge is -2.23. The van der Waals surface area contributed by atoms with Crippen LogP contribution in [0, 0.1) is 0 Å². The Morgan fingerprint density at radius 2 is 0.812 bits per heavy atom. The van der Waals surface area contributed by atoms with Crippen LogP contribution in [0.1, 0.15) is 150 Å². The number of fused-ring (bicyclic) bond motifs is 4. The molecule has 2 unspecified atom stereocenters. The zero-order valence-corrected chi connectivity index (χ0v) is 61.9. The highest BCUT2D eigenvalue weighted by atomic mass is 35.5. The minimum atomic E-state index is -0.880. The minimum Gasteiger partial charge on any atom is -0.368 e. The van der Waals surface area contributed by atoms with Crippen molar-refractivity contribution in [1.29, 1.82) is 0 Å². The zero-order valence-electron chi connectivity index (χ0n) is 55.8. The summed E-state index contributed by atoms with van der Waals surface area (Å²) in [5.74, 6) is 2.93. The summed E-state index contributed by atoms with van der Waals surface area (Å²) in [5, 5.41) is 12.8. The van der Waals surface area contributed by atoms with E-state index in [-0.39, 0.29) is 11.8 Å². The van der Waals surface area contributed by atoms with Crippen LogP contribution in [-0.4, -0.2) is 84.1 Å². The van der Waals surface area contributed by atoms with E-state index in [1.165, 1.54) is 0 Å². The molecule has 17 nitrogen and oxygen atoms in total. The van der Waals surface area contributed by atoms with Crippen LogP contribution in [0.5, 0.6) is 0 Å². The first-order chi connectivity index (χ1) is 46.2. The van der Waals surface area contributed by atoms with Crippen molar-refractivity contribution in [3.05, 3.63) is 136 Å². The Balaban J connectivity index is 0.706. The number of nitrogens with zero attached hydrogens (tertiary/aromatic N) is 8. The second-order valence-corrected chi connectivity index (χ2v) is 27.3. The molecule has 0 bridgehead atoms. The van der Waals surface area contributed by atoms with Crippen molar-refractivity contribution in [3.63, 3.8) is 0 Å². The highest BCUT2D eigenvalue weighted by Gasteiger charge is 2.33. The average molecular weight is 1470 g/mol. The van der Waals surface area contributed by atoms with Gasteiger partial charge in [-0.05, 0) is 149 Å². The number of allylic oxidation sites excluding steroid dienone is 4. The van der Waals surface area contributed by atoms with E-state index >= 15 is 0 Å². The van der Waals surface area contributed by atoms with Crippen molar-refractivity contribution in [2.45, 2.75) is 176 Å². The lowest BCUT2D eigenvalue weighted by Crippen LogP contribution is -2.50. The van der Waals surface area contributed by atoms with Gasteiger partial charge < -0.3 is 47.0 Å². The number of nitrogens with one attached hydrogen (secondary N) is 3. The van der Waals surface area contributed by atoms with Crippen molar-refractivity contribution >= 4 is 173 Å². The number of unbranched alkanes of at least 4 members (excludes halogenated alkanes) is 7. The third-order valence-electron chi connectivity index (χ3n) is 17.8. The van der Waals surface area contributed by atoms with Gasteiger partial charge in [-0.25, -0.2) is 18.3 Å². The first kappa shape index (κ1) is 75.9. The number of carbonyl (C=O) groups is 4. The Labute approximate surface area is 605 Å². The monoisotopic (exact) mass is 1470 g/mol. The summed E-state index contributed by atoms with van der Waals surface area (Å²) in [7, 11) is 0. The molecule has 4 heterocycles. The quantitative estimate of drug-likeness (QED) is 0.0188. The van der Waals surface area contributed by atoms with Gasteiger partial charge in [0.05, 0.1) is 95.2 Å². The number of halogens is 8. The maximum absolute atomic E-state index is 13.1. The molecule has 0 radical (unpaired) electrons. The largest absolute Gasteiger partial charge is 0.368 e. The molecular weight excluding hydrogens is 1380 g/mol. The number of aryl methyl sites for hydroxylation is 4. The summed E-state index contributed by atoms with van der Waals surface area (Å²) in [6.45, 7) is 19.4. The topological polar surface area (TPSA) is 187 Å². The fraction of sp³-hybridized carbons (Fsp3) is 0.465. The van der Waals surface area contributed by atoms with E-state index in [0.717, 1.165) is 139 Å². The van der Waals surface area contributed by atoms with Crippen LogP contribution in [0.25, 0.3) is 34.2 Å². The molecule has 96 heavy (non-hydrogen) atoms. The number of aromatic nitrogens is 4. The van der Waals surface area contributed by atoms with Crippen molar-refractivity contribution < 1.29 is 28.3 Å². The second kappa shape index (κ2) is 36.3. The molecule has 0 saturated carbocycles. The number of rotatable bonds is 36. The molecule has 2 aliphatic heterocycles. The number of imidazole rings is 2. The van der Waals surface area contributed by atoms with Crippen LogP contribution in [0.4, 0.5) is 22.7 Å². The van der Waals surface area contributed by atoms with E-state index in [0.29, 0.717) is 131 Å². The van der Waals surface area contributed by atoms with E-state index in [4.69, 9.17) is 104 Å². The molecule has 2 aromatic heterocycles. The molecule has 2 aliphatic rings. The first-order valence-electron chi connectivity index (χ1n) is 33.8. The summed E-state index contributed by atoms with van der Waals surface area (Å²) in [4.78, 5) is 60.2. The molecule has 4 amide bonds. The highest BCUT2D eigenvalue weighted by molar-refractivity contribution is 6.44. The van der Waals surface area contributed by atoms with E-state index in [1.807, 2.05) is 48.5 Å². The molecule has 518 valence electrons. The van der Waals surface area contributed by atoms with Gasteiger partial charge in [0.2, 0.25) is 23.6 Å². The molecule has 2 atom stereocenters. The van der Waals surface area contributed by atoms with E-state index in [9.17, 15) is 19.2 Å². The molecule has 25 heteroatoms. The van der Waals surface area contributed by atoms with Crippen molar-refractivity contribution in [3.8, 4) is 0 Å². The Morgan fingerprint density at radius 1 is 0.458 bits per heavy atom. The number of amides is 4. The molecule has 4 aromatic carbocycles. The smallest absolute Gasteiger partial charge is 0.282 e. The number of anilines is 4. The average Bonchev–Trinajstić information content (AvgIpc) is 1.64. The predicted octanol–water partition coefficient (Wildman–Crippen LogP) is 16.0. The lowest BCUT2D eigenvalue weighted by molar-refractivity contribution is -0.674. The van der Waals surface area contributed by atoms with E-state index in [2.05, 4.69) is 132 Å². The summed E-state index contributed by atoms with van der Waals surface area (Å²) in [6.07, 6.45) is 22.3. The van der Waals surface area contributed by atoms with Crippen LogP contribution < -0.4 is 56.2 Å². The molecule has 8 rings (SSSR count). The predicted molar refractivity (Wildman–Crippen MR) is 399 cm³/mol. The van der Waals surface area contributed by atoms with Crippen LogP contribution in [0.15, 0.2) is 84.5 Å². The Morgan fingerprint density at radius 3 is 1.19 bits per heavy atom. The Bertz CT molecular complexity index is 3820. The lowest BCUT2D eigenvalue weighted by atomic mass is 10.1. The van der Waals surface area contributed by atoms with Gasteiger partial charge in [-0.2, -0.15) is 0 Å². The fourth-order valence-corrected chi connectivity index (χ4v) is 14.2. The zero-order chi connectivity index (χ0) is 69.3. The first-order valence-corrected chi connectivity index (χ1v) is 36.8. The van der Waals surface area contributed by atoms with Gasteiger partial charge in [0.25, 0.3) is 11.6 Å². The van der Waals surface area contributed by atoms with Gasteiger partial charge in [0.1, 0.15) is 17.7 Å². The maximum Gasteiger partial charge on any atom is 0.282 e. The van der Waals surface area contributed by atoms with Gasteiger partial charge in [-0.1, -0.05) is 118 Å². The van der Waals surface area contributed by atoms with Crippen molar-refractivity contribution in [1.82, 2.24) is 25.1 Å². The van der Waals surface area contributed by atoms with Crippen LogP contribution in [-0.2, 0) is 45.4 Å². The van der Waals surface area contributed by atoms with Crippen molar-refractivity contribution in [2.24, 2.45) is 11.5 Å². The third-order valence-corrected chi connectivity index (χ3v) is 20.7. The normalized spacial score (nSPS) is 13.7. The fourth-order valence-electron chi connectivity index (χ4n) is 13.0. The van der Waals surface area contributed by atoms with Gasteiger partial charge in [-0.15, -0.1) is 0 Å². The number of primary amides is 1. The molecule has 0 aliphatic carbocycles. The molecule has 6 aromatic rings. The van der Waals surface area contributed by atoms with Gasteiger partial charge in [0.15, 0.2) is 22.1 Å². The molecule has 0 spiro atoms. The van der Waals surface area contributed by atoms with Gasteiger partial charge >= 0.3 is 0 Å². The molecule has 7 N–H and O–H groups in total. The Hall–Kier alpha value is -5.86. The summed E-state index contributed by atoms with van der Waals surface area (Å²) < 4.78 is 9.02. The summed E-state index contributed by atoms with van der Waals surface area (Å²) in [5.41, 5.74) is 20.0. The van der Waals surface area contributed by atoms with Crippen molar-refractivity contribution in [2.75, 3.05) is 58.9 Å². The number of hydrogen-bond acceptors (Lipinski definition) is 9. The number of nitrogens with two attached hydrogens (primary N) is 2. The van der Waals surface area contributed by atoms with E-state index in [1.54, 1.807) is 0 Å². The third kappa shape index (κ3) is 18.3. The van der Waals surface area contributed by atoms with Crippen LogP contribution >= 0.6 is 92.8 Å². The number of hydrogen-bond donors (Lipinski definition) is 5. The highest BCUT2D eigenvalue weighted by Crippen LogP contribution is 2.47. The maximum atomic E-state index is 13.1.